The van der Waals surface area contributed by atoms with Gasteiger partial charge in [0, 0.05) is 13.5 Å². The van der Waals surface area contributed by atoms with Gasteiger partial charge in [-0.25, -0.2) is 0 Å². The molecule has 0 spiro atoms. The van der Waals surface area contributed by atoms with Crippen LogP contribution in [0.4, 0.5) is 0 Å². The van der Waals surface area contributed by atoms with Crippen molar-refractivity contribution in [3.8, 4) is 0 Å². The quantitative estimate of drug-likeness (QED) is 0.702. The molecule has 0 aliphatic rings. The molecule has 0 saturated heterocycles. The fraction of sp³-hybridized carbons (Fsp3) is 0.455. The molecular formula is C11H16O3. The van der Waals surface area contributed by atoms with Gasteiger partial charge in [0.1, 0.15) is 0 Å². The summed E-state index contributed by atoms with van der Waals surface area (Å²) >= 11 is 0. The number of rotatable bonds is 6. The molecule has 1 rings (SSSR count). The molecule has 1 aromatic carbocycles. The van der Waals surface area contributed by atoms with Crippen LogP contribution in [0, 0.1) is 0 Å². The van der Waals surface area contributed by atoms with Gasteiger partial charge in [0.15, 0.2) is 6.29 Å². The number of aliphatic hydroxyl groups is 1. The average molecular weight is 196 g/mol. The second-order valence-corrected chi connectivity index (χ2v) is 3.03. The van der Waals surface area contributed by atoms with Crippen molar-refractivity contribution in [3.05, 3.63) is 35.9 Å². The first-order chi connectivity index (χ1) is 6.83. The van der Waals surface area contributed by atoms with Gasteiger partial charge in [0.25, 0.3) is 0 Å². The third kappa shape index (κ3) is 4.37. The van der Waals surface area contributed by atoms with Crippen molar-refractivity contribution in [3.63, 3.8) is 0 Å². The molecule has 1 aromatic rings. The van der Waals surface area contributed by atoms with Crippen LogP contribution in [0.3, 0.4) is 0 Å². The van der Waals surface area contributed by atoms with E-state index in [1.165, 1.54) is 0 Å². The monoisotopic (exact) mass is 196 g/mol. The minimum atomic E-state index is -0.741. The highest BCUT2D eigenvalue weighted by Crippen LogP contribution is 2.03. The molecule has 0 aliphatic heterocycles. The summed E-state index contributed by atoms with van der Waals surface area (Å²) in [5.74, 6) is 0. The van der Waals surface area contributed by atoms with Crippen LogP contribution in [0.2, 0.25) is 0 Å². The number of methoxy groups -OCH3 is 1. The maximum atomic E-state index is 9.34. The molecule has 0 saturated carbocycles. The predicted octanol–water partition coefficient (Wildman–Crippen LogP) is 1.56. The molecule has 3 nitrogen and oxygen atoms in total. The second kappa shape index (κ2) is 6.54. The summed E-state index contributed by atoms with van der Waals surface area (Å²) in [4.78, 5) is 0. The van der Waals surface area contributed by atoms with E-state index in [4.69, 9.17) is 9.47 Å². The number of ether oxygens (including phenoxy) is 2. The van der Waals surface area contributed by atoms with Crippen LogP contribution in [0.5, 0.6) is 0 Å². The molecule has 0 amide bonds. The standard InChI is InChI=1S/C11H16O3/c1-13-8-7-11(12)14-9-10-5-3-2-4-6-10/h2-6,11-12H,7-9H2,1H3. The molecule has 0 aromatic heterocycles. The van der Waals surface area contributed by atoms with Crippen LogP contribution in [-0.4, -0.2) is 25.1 Å². The van der Waals surface area contributed by atoms with Gasteiger partial charge in [-0.05, 0) is 5.56 Å². The second-order valence-electron chi connectivity index (χ2n) is 3.03. The van der Waals surface area contributed by atoms with Gasteiger partial charge in [-0.1, -0.05) is 30.3 Å². The number of aliphatic hydroxyl groups excluding tert-OH is 1. The Morgan fingerprint density at radius 3 is 2.64 bits per heavy atom. The summed E-state index contributed by atoms with van der Waals surface area (Å²) in [6.07, 6.45) is -0.237. The number of benzene rings is 1. The Kier molecular flexibility index (Phi) is 5.22. The molecule has 1 N–H and O–H groups in total. The largest absolute Gasteiger partial charge is 0.384 e. The smallest absolute Gasteiger partial charge is 0.157 e. The van der Waals surface area contributed by atoms with Crippen molar-refractivity contribution in [1.82, 2.24) is 0 Å². The Labute approximate surface area is 84.3 Å². The summed E-state index contributed by atoms with van der Waals surface area (Å²) in [5.41, 5.74) is 1.06. The van der Waals surface area contributed by atoms with Gasteiger partial charge < -0.3 is 14.6 Å². The summed E-state index contributed by atoms with van der Waals surface area (Å²) in [6.45, 7) is 0.946. The minimum Gasteiger partial charge on any atom is -0.384 e. The van der Waals surface area contributed by atoms with E-state index in [0.29, 0.717) is 19.6 Å². The molecule has 1 atom stereocenters. The number of hydrogen-bond acceptors (Lipinski definition) is 3. The summed E-state index contributed by atoms with van der Waals surface area (Å²) in [6, 6.07) is 9.76. The van der Waals surface area contributed by atoms with Gasteiger partial charge in [0.2, 0.25) is 0 Å². The normalized spacial score (nSPS) is 12.7. The van der Waals surface area contributed by atoms with E-state index in [0.717, 1.165) is 5.56 Å². The lowest BCUT2D eigenvalue weighted by molar-refractivity contribution is -0.119. The van der Waals surface area contributed by atoms with E-state index in [9.17, 15) is 5.11 Å². The van der Waals surface area contributed by atoms with Gasteiger partial charge in [-0.15, -0.1) is 0 Å². The van der Waals surface area contributed by atoms with Crippen molar-refractivity contribution < 1.29 is 14.6 Å². The Morgan fingerprint density at radius 1 is 1.29 bits per heavy atom. The number of hydrogen-bond donors (Lipinski definition) is 1. The average Bonchev–Trinajstić information content (AvgIpc) is 2.25. The van der Waals surface area contributed by atoms with Gasteiger partial charge in [-0.3, -0.25) is 0 Å². The highest BCUT2D eigenvalue weighted by atomic mass is 16.6. The van der Waals surface area contributed by atoms with Crippen LogP contribution in [0.25, 0.3) is 0 Å². The maximum absolute atomic E-state index is 9.34. The van der Waals surface area contributed by atoms with Gasteiger partial charge in [0.05, 0.1) is 13.2 Å². The Balaban J connectivity index is 2.20. The van der Waals surface area contributed by atoms with Crippen molar-refractivity contribution in [1.29, 1.82) is 0 Å². The first-order valence-corrected chi connectivity index (χ1v) is 4.65. The molecule has 0 heterocycles. The predicted molar refractivity (Wildman–Crippen MR) is 53.7 cm³/mol. The molecule has 78 valence electrons. The van der Waals surface area contributed by atoms with E-state index in [1.807, 2.05) is 30.3 Å². The van der Waals surface area contributed by atoms with E-state index in [1.54, 1.807) is 7.11 Å². The summed E-state index contributed by atoms with van der Waals surface area (Å²) in [5, 5.41) is 9.34. The van der Waals surface area contributed by atoms with Crippen molar-refractivity contribution in [2.75, 3.05) is 13.7 Å². The zero-order chi connectivity index (χ0) is 10.2. The van der Waals surface area contributed by atoms with Crippen LogP contribution in [-0.2, 0) is 16.1 Å². The van der Waals surface area contributed by atoms with Crippen molar-refractivity contribution in [2.45, 2.75) is 19.3 Å². The van der Waals surface area contributed by atoms with E-state index >= 15 is 0 Å². The topological polar surface area (TPSA) is 38.7 Å². The van der Waals surface area contributed by atoms with Crippen molar-refractivity contribution >= 4 is 0 Å². The first kappa shape index (κ1) is 11.2. The van der Waals surface area contributed by atoms with Gasteiger partial charge in [-0.2, -0.15) is 0 Å². The SMILES string of the molecule is COCCC(O)OCc1ccccc1. The zero-order valence-electron chi connectivity index (χ0n) is 8.35. The minimum absolute atomic E-state index is 0.436. The van der Waals surface area contributed by atoms with E-state index in [2.05, 4.69) is 0 Å². The summed E-state index contributed by atoms with van der Waals surface area (Å²) in [7, 11) is 1.60. The molecule has 1 unspecified atom stereocenters. The molecule has 0 radical (unpaired) electrons. The molecule has 3 heteroatoms. The van der Waals surface area contributed by atoms with Crippen LogP contribution in [0.15, 0.2) is 30.3 Å². The third-order valence-corrected chi connectivity index (χ3v) is 1.85. The highest BCUT2D eigenvalue weighted by molar-refractivity contribution is 5.13. The van der Waals surface area contributed by atoms with Crippen LogP contribution in [0.1, 0.15) is 12.0 Å². The zero-order valence-corrected chi connectivity index (χ0v) is 8.35. The molecular weight excluding hydrogens is 180 g/mol. The Hall–Kier alpha value is -0.900. The van der Waals surface area contributed by atoms with E-state index < -0.39 is 6.29 Å². The van der Waals surface area contributed by atoms with Gasteiger partial charge >= 0.3 is 0 Å². The third-order valence-electron chi connectivity index (χ3n) is 1.85. The first-order valence-electron chi connectivity index (χ1n) is 4.65. The lowest BCUT2D eigenvalue weighted by atomic mass is 10.2. The summed E-state index contributed by atoms with van der Waals surface area (Å²) < 4.78 is 10.0. The Bertz CT molecular complexity index is 236. The van der Waals surface area contributed by atoms with Crippen LogP contribution >= 0.6 is 0 Å². The lowest BCUT2D eigenvalue weighted by Gasteiger charge is -2.11. The molecule has 0 fully saturated rings. The fourth-order valence-electron chi connectivity index (χ4n) is 1.07. The highest BCUT2D eigenvalue weighted by Gasteiger charge is 2.03. The maximum Gasteiger partial charge on any atom is 0.157 e. The van der Waals surface area contributed by atoms with Crippen LogP contribution < -0.4 is 0 Å². The molecule has 0 bridgehead atoms. The molecule has 0 aliphatic carbocycles. The van der Waals surface area contributed by atoms with Crippen molar-refractivity contribution in [2.24, 2.45) is 0 Å². The Morgan fingerprint density at radius 2 is 2.00 bits per heavy atom. The fourth-order valence-corrected chi connectivity index (χ4v) is 1.07. The van der Waals surface area contributed by atoms with E-state index in [-0.39, 0.29) is 0 Å². The lowest BCUT2D eigenvalue weighted by Crippen LogP contribution is -2.14. The molecule has 14 heavy (non-hydrogen) atoms.